The first-order valence-corrected chi connectivity index (χ1v) is 7.07. The maximum Gasteiger partial charge on any atom is 0.317 e. The Labute approximate surface area is 124 Å². The summed E-state index contributed by atoms with van der Waals surface area (Å²) in [5.74, 6) is -0.832. The van der Waals surface area contributed by atoms with Gasteiger partial charge >= 0.3 is 5.97 Å². The second-order valence-corrected chi connectivity index (χ2v) is 5.69. The molecule has 0 spiro atoms. The smallest absolute Gasteiger partial charge is 0.317 e. The lowest BCUT2D eigenvalue weighted by Gasteiger charge is -2.32. The fourth-order valence-electron chi connectivity index (χ4n) is 2.74. The first kappa shape index (κ1) is 13.6. The van der Waals surface area contributed by atoms with E-state index < -0.39 is 11.4 Å². The summed E-state index contributed by atoms with van der Waals surface area (Å²) in [5.41, 5.74) is 2.55. The molecule has 2 heterocycles. The van der Waals surface area contributed by atoms with Crippen molar-refractivity contribution in [3.63, 3.8) is 0 Å². The highest BCUT2D eigenvalue weighted by Crippen LogP contribution is 2.29. The van der Waals surface area contributed by atoms with E-state index in [0.29, 0.717) is 0 Å². The van der Waals surface area contributed by atoms with Crippen LogP contribution in [0.1, 0.15) is 18.1 Å². The van der Waals surface area contributed by atoms with Crippen LogP contribution in [0.15, 0.2) is 54.5 Å². The number of pyridine rings is 1. The number of carboxylic acids is 1. The molecule has 21 heavy (non-hydrogen) atoms. The highest BCUT2D eigenvalue weighted by Gasteiger charge is 2.30. The minimum absolute atomic E-state index is 0.795. The molecule has 1 unspecified atom stereocenters. The Morgan fingerprint density at radius 1 is 1.38 bits per heavy atom. The summed E-state index contributed by atoms with van der Waals surface area (Å²) in [6.45, 7) is 3.40. The number of aromatic nitrogens is 1. The molecule has 1 aliphatic heterocycles. The van der Waals surface area contributed by atoms with E-state index in [2.05, 4.69) is 9.88 Å². The molecule has 0 radical (unpaired) electrons. The molecule has 4 nitrogen and oxygen atoms in total. The third kappa shape index (κ3) is 2.61. The van der Waals surface area contributed by atoms with E-state index in [1.807, 2.05) is 36.7 Å². The second kappa shape index (κ2) is 5.20. The summed E-state index contributed by atoms with van der Waals surface area (Å²) in [7, 11) is 0. The fraction of sp³-hybridized carbons (Fsp3) is 0.294. The molecule has 0 saturated heterocycles. The maximum absolute atomic E-state index is 11.5. The summed E-state index contributed by atoms with van der Waals surface area (Å²) in [4.78, 5) is 17.9. The molecule has 0 bridgehead atoms. The van der Waals surface area contributed by atoms with Crippen LogP contribution in [0.5, 0.6) is 0 Å². The highest BCUT2D eigenvalue weighted by molar-refractivity contribution is 5.79. The van der Waals surface area contributed by atoms with Crippen molar-refractivity contribution in [3.8, 4) is 0 Å². The van der Waals surface area contributed by atoms with Crippen LogP contribution in [0, 0.1) is 5.41 Å². The molecule has 0 fully saturated rings. The number of fused-ring (bicyclic) bond motifs is 1. The van der Waals surface area contributed by atoms with E-state index in [4.69, 9.17) is 0 Å². The van der Waals surface area contributed by atoms with Crippen LogP contribution in [0.4, 0.5) is 0 Å². The van der Waals surface area contributed by atoms with Crippen molar-refractivity contribution in [1.29, 1.82) is 0 Å². The van der Waals surface area contributed by atoms with Gasteiger partial charge in [-0.15, -0.1) is 0 Å². The standard InChI is InChI=1S/C17H18N2O2/c1-17(16(20)21)7-3-2-4-15(10-17)19-9-6-13-11-18-8-5-14(13)12-19/h2-5,7-8,10-11H,6,9,12H2,1H3,(H,20,21). The molecule has 1 N–H and O–H groups in total. The zero-order chi connectivity index (χ0) is 14.9. The molecular weight excluding hydrogens is 264 g/mol. The number of carboxylic acid groups (broad SMARTS) is 1. The van der Waals surface area contributed by atoms with Gasteiger partial charge in [-0.2, -0.15) is 0 Å². The Hall–Kier alpha value is -2.36. The second-order valence-electron chi connectivity index (χ2n) is 5.69. The van der Waals surface area contributed by atoms with Gasteiger partial charge in [0.05, 0.1) is 0 Å². The van der Waals surface area contributed by atoms with Crippen molar-refractivity contribution in [2.24, 2.45) is 5.41 Å². The van der Waals surface area contributed by atoms with Crippen LogP contribution < -0.4 is 0 Å². The summed E-state index contributed by atoms with van der Waals surface area (Å²) in [6.07, 6.45) is 13.9. The minimum atomic E-state index is -0.961. The number of hydrogen-bond donors (Lipinski definition) is 1. The first-order chi connectivity index (χ1) is 10.1. The van der Waals surface area contributed by atoms with Crippen molar-refractivity contribution >= 4 is 5.97 Å². The summed E-state index contributed by atoms with van der Waals surface area (Å²) in [6, 6.07) is 2.04. The van der Waals surface area contributed by atoms with E-state index in [9.17, 15) is 9.90 Å². The lowest BCUT2D eigenvalue weighted by atomic mass is 9.89. The Balaban J connectivity index is 1.91. The zero-order valence-corrected chi connectivity index (χ0v) is 12.0. The van der Waals surface area contributed by atoms with E-state index in [1.165, 1.54) is 11.1 Å². The van der Waals surface area contributed by atoms with Gasteiger partial charge in [0.15, 0.2) is 0 Å². The van der Waals surface area contributed by atoms with Gasteiger partial charge in [-0.25, -0.2) is 0 Å². The van der Waals surface area contributed by atoms with Gasteiger partial charge in [0.25, 0.3) is 0 Å². The highest BCUT2D eigenvalue weighted by atomic mass is 16.4. The number of hydrogen-bond acceptors (Lipinski definition) is 3. The normalized spacial score (nSPS) is 24.2. The zero-order valence-electron chi connectivity index (χ0n) is 12.0. The molecule has 1 aromatic rings. The van der Waals surface area contributed by atoms with Crippen molar-refractivity contribution in [2.45, 2.75) is 19.9 Å². The number of rotatable bonds is 2. The average Bonchev–Trinajstić information content (AvgIpc) is 2.70. The lowest BCUT2D eigenvalue weighted by molar-refractivity contribution is -0.142. The summed E-state index contributed by atoms with van der Waals surface area (Å²) < 4.78 is 0. The van der Waals surface area contributed by atoms with Gasteiger partial charge in [0.1, 0.15) is 5.41 Å². The third-order valence-corrected chi connectivity index (χ3v) is 4.11. The molecule has 0 aromatic carbocycles. The van der Waals surface area contributed by atoms with Crippen LogP contribution in [0.3, 0.4) is 0 Å². The number of nitrogens with zero attached hydrogens (tertiary/aromatic N) is 2. The summed E-state index contributed by atoms with van der Waals surface area (Å²) >= 11 is 0. The van der Waals surface area contributed by atoms with E-state index in [0.717, 1.165) is 25.2 Å². The monoisotopic (exact) mass is 282 g/mol. The Morgan fingerprint density at radius 2 is 2.24 bits per heavy atom. The van der Waals surface area contributed by atoms with Gasteiger partial charge in [-0.05, 0) is 42.7 Å². The predicted molar refractivity (Wildman–Crippen MR) is 80.5 cm³/mol. The Bertz CT molecular complexity index is 661. The quantitative estimate of drug-likeness (QED) is 0.905. The number of allylic oxidation sites excluding steroid dienone is 3. The predicted octanol–water partition coefficient (Wildman–Crippen LogP) is 2.54. The van der Waals surface area contributed by atoms with Crippen molar-refractivity contribution in [3.05, 3.63) is 65.7 Å². The fourth-order valence-corrected chi connectivity index (χ4v) is 2.74. The average molecular weight is 282 g/mol. The van der Waals surface area contributed by atoms with Crippen molar-refractivity contribution in [2.75, 3.05) is 6.54 Å². The largest absolute Gasteiger partial charge is 0.480 e. The summed E-state index contributed by atoms with van der Waals surface area (Å²) in [5, 5.41) is 9.45. The number of carbonyl (C=O) groups is 1. The molecule has 1 aliphatic carbocycles. The Morgan fingerprint density at radius 3 is 3.05 bits per heavy atom. The van der Waals surface area contributed by atoms with Crippen LogP contribution in [0.25, 0.3) is 0 Å². The van der Waals surface area contributed by atoms with E-state index >= 15 is 0 Å². The molecule has 0 amide bonds. The molecule has 3 rings (SSSR count). The maximum atomic E-state index is 11.5. The molecule has 0 saturated carbocycles. The van der Waals surface area contributed by atoms with Gasteiger partial charge in [0, 0.05) is 31.2 Å². The molecular formula is C17H18N2O2. The minimum Gasteiger partial charge on any atom is -0.480 e. The van der Waals surface area contributed by atoms with E-state index in [-0.39, 0.29) is 0 Å². The van der Waals surface area contributed by atoms with Crippen LogP contribution in [0.2, 0.25) is 0 Å². The first-order valence-electron chi connectivity index (χ1n) is 7.07. The van der Waals surface area contributed by atoms with Gasteiger partial charge < -0.3 is 10.0 Å². The lowest BCUT2D eigenvalue weighted by Crippen LogP contribution is -2.31. The van der Waals surface area contributed by atoms with Crippen LogP contribution in [-0.2, 0) is 17.8 Å². The van der Waals surface area contributed by atoms with Crippen molar-refractivity contribution < 1.29 is 9.90 Å². The molecule has 2 aliphatic rings. The molecule has 108 valence electrons. The SMILES string of the molecule is CC1(C(=O)O)C=CC=CC(N2CCc3cnccc3C2)=C1. The van der Waals surface area contributed by atoms with Gasteiger partial charge in [0.2, 0.25) is 0 Å². The van der Waals surface area contributed by atoms with E-state index in [1.54, 1.807) is 19.1 Å². The topological polar surface area (TPSA) is 53.4 Å². The Kier molecular flexibility index (Phi) is 3.37. The van der Waals surface area contributed by atoms with Crippen molar-refractivity contribution in [1.82, 2.24) is 9.88 Å². The van der Waals surface area contributed by atoms with Gasteiger partial charge in [-0.1, -0.05) is 18.2 Å². The number of aliphatic carboxylic acids is 1. The molecule has 1 aromatic heterocycles. The van der Waals surface area contributed by atoms with Crippen LogP contribution in [-0.4, -0.2) is 27.5 Å². The molecule has 4 heteroatoms. The van der Waals surface area contributed by atoms with Gasteiger partial charge in [-0.3, -0.25) is 9.78 Å². The van der Waals surface area contributed by atoms with Crippen LogP contribution >= 0.6 is 0 Å². The third-order valence-electron chi connectivity index (χ3n) is 4.11. The molecule has 1 atom stereocenters.